The highest BCUT2D eigenvalue weighted by Crippen LogP contribution is 2.27. The first-order valence-corrected chi connectivity index (χ1v) is 8.13. The first kappa shape index (κ1) is 19.4. The van der Waals surface area contributed by atoms with Gasteiger partial charge in [0.15, 0.2) is 0 Å². The zero-order chi connectivity index (χ0) is 17.4. The molecule has 0 aromatic carbocycles. The highest BCUT2D eigenvalue weighted by Gasteiger charge is 2.28. The van der Waals surface area contributed by atoms with Crippen LogP contribution in [0.5, 0.6) is 0 Å². The normalized spacial score (nSPS) is 19.4. The lowest BCUT2D eigenvalue weighted by atomic mass is 9.84. The monoisotopic (exact) mass is 329 g/mol. The Morgan fingerprint density at radius 1 is 1.13 bits per heavy atom. The standard InChI is InChI=1S/C15H27N3O5/c1-2-10(15(22)23)13(20)17-18-14(21)12(19)11(16)8-9-6-4-3-5-7-9/h9-12,19H,2-8,16H2,1H3,(H,17,20)(H,18,21)(H,22,23)/t10?,11-,12?/m1/s1. The van der Waals surface area contributed by atoms with Crippen molar-refractivity contribution in [3.05, 3.63) is 0 Å². The SMILES string of the molecule is CCC(C(=O)O)C(=O)NNC(=O)C(O)[C@H](N)CC1CCCCC1. The molecule has 1 aliphatic carbocycles. The van der Waals surface area contributed by atoms with Crippen molar-refractivity contribution in [1.29, 1.82) is 0 Å². The van der Waals surface area contributed by atoms with Gasteiger partial charge in [-0.1, -0.05) is 39.0 Å². The maximum atomic E-state index is 11.8. The molecule has 8 nitrogen and oxygen atoms in total. The molecule has 0 spiro atoms. The van der Waals surface area contributed by atoms with Crippen molar-refractivity contribution in [3.8, 4) is 0 Å². The number of hydrazine groups is 1. The molecule has 0 aromatic rings. The van der Waals surface area contributed by atoms with E-state index in [2.05, 4.69) is 0 Å². The van der Waals surface area contributed by atoms with Gasteiger partial charge in [-0.3, -0.25) is 25.2 Å². The summed E-state index contributed by atoms with van der Waals surface area (Å²) in [6.45, 7) is 1.55. The number of hydrogen-bond acceptors (Lipinski definition) is 5. The number of carbonyl (C=O) groups excluding carboxylic acids is 2. The molecule has 8 heteroatoms. The summed E-state index contributed by atoms with van der Waals surface area (Å²) in [6.07, 6.45) is 4.80. The van der Waals surface area contributed by atoms with Gasteiger partial charge < -0.3 is 15.9 Å². The van der Waals surface area contributed by atoms with E-state index in [4.69, 9.17) is 10.8 Å². The van der Waals surface area contributed by atoms with E-state index in [1.807, 2.05) is 10.9 Å². The number of aliphatic carboxylic acids is 1. The number of nitrogens with two attached hydrogens (primary N) is 1. The fourth-order valence-corrected chi connectivity index (χ4v) is 2.89. The van der Waals surface area contributed by atoms with Gasteiger partial charge in [-0.25, -0.2) is 0 Å². The van der Waals surface area contributed by atoms with E-state index in [0.717, 1.165) is 25.7 Å². The van der Waals surface area contributed by atoms with Gasteiger partial charge in [-0.05, 0) is 18.8 Å². The zero-order valence-corrected chi connectivity index (χ0v) is 13.5. The van der Waals surface area contributed by atoms with Crippen LogP contribution in [-0.2, 0) is 14.4 Å². The molecular weight excluding hydrogens is 302 g/mol. The van der Waals surface area contributed by atoms with Gasteiger partial charge in [0.05, 0.1) is 0 Å². The molecule has 2 amide bonds. The maximum Gasteiger partial charge on any atom is 0.316 e. The number of carboxylic acids is 1. The van der Waals surface area contributed by atoms with Crippen LogP contribution in [0.2, 0.25) is 0 Å². The molecule has 6 N–H and O–H groups in total. The van der Waals surface area contributed by atoms with Crippen molar-refractivity contribution < 1.29 is 24.6 Å². The molecule has 0 aromatic heterocycles. The van der Waals surface area contributed by atoms with Crippen LogP contribution in [0.1, 0.15) is 51.9 Å². The third-order valence-electron chi connectivity index (χ3n) is 4.34. The molecular formula is C15H27N3O5. The molecule has 1 rings (SSSR count). The van der Waals surface area contributed by atoms with E-state index in [1.165, 1.54) is 6.42 Å². The van der Waals surface area contributed by atoms with Crippen LogP contribution in [-0.4, -0.2) is 40.1 Å². The average Bonchev–Trinajstić information content (AvgIpc) is 2.53. The van der Waals surface area contributed by atoms with Crippen molar-refractivity contribution >= 4 is 17.8 Å². The molecule has 2 unspecified atom stereocenters. The summed E-state index contributed by atoms with van der Waals surface area (Å²) in [4.78, 5) is 34.3. The molecule has 132 valence electrons. The van der Waals surface area contributed by atoms with Gasteiger partial charge in [0.2, 0.25) is 0 Å². The number of aliphatic hydroxyl groups excluding tert-OH is 1. The lowest BCUT2D eigenvalue weighted by molar-refractivity contribution is -0.148. The van der Waals surface area contributed by atoms with Crippen molar-refractivity contribution in [2.75, 3.05) is 0 Å². The van der Waals surface area contributed by atoms with Crippen LogP contribution in [0, 0.1) is 11.8 Å². The Kier molecular flexibility index (Phi) is 7.97. The third-order valence-corrected chi connectivity index (χ3v) is 4.34. The molecule has 1 fully saturated rings. The van der Waals surface area contributed by atoms with Crippen LogP contribution in [0.15, 0.2) is 0 Å². The van der Waals surface area contributed by atoms with Crippen LogP contribution < -0.4 is 16.6 Å². The number of rotatable bonds is 7. The number of aliphatic hydroxyl groups is 1. The molecule has 23 heavy (non-hydrogen) atoms. The van der Waals surface area contributed by atoms with E-state index in [0.29, 0.717) is 12.3 Å². The molecule has 3 atom stereocenters. The fourth-order valence-electron chi connectivity index (χ4n) is 2.89. The number of carboxylic acid groups (broad SMARTS) is 1. The Hall–Kier alpha value is -1.67. The van der Waals surface area contributed by atoms with E-state index in [1.54, 1.807) is 6.92 Å². The molecule has 0 heterocycles. The van der Waals surface area contributed by atoms with Gasteiger partial charge in [-0.2, -0.15) is 0 Å². The van der Waals surface area contributed by atoms with Gasteiger partial charge in [-0.15, -0.1) is 0 Å². The van der Waals surface area contributed by atoms with Crippen molar-refractivity contribution in [2.45, 2.75) is 64.0 Å². The van der Waals surface area contributed by atoms with Crippen LogP contribution in [0.4, 0.5) is 0 Å². The molecule has 1 saturated carbocycles. The van der Waals surface area contributed by atoms with Crippen LogP contribution in [0.25, 0.3) is 0 Å². The quantitative estimate of drug-likeness (QED) is 0.326. The minimum Gasteiger partial charge on any atom is -0.481 e. The Balaban J connectivity index is 2.40. The van der Waals surface area contributed by atoms with Crippen molar-refractivity contribution in [3.63, 3.8) is 0 Å². The molecule has 0 aliphatic heterocycles. The summed E-state index contributed by atoms with van der Waals surface area (Å²) >= 11 is 0. The summed E-state index contributed by atoms with van der Waals surface area (Å²) in [7, 11) is 0. The second kappa shape index (κ2) is 9.46. The highest BCUT2D eigenvalue weighted by atomic mass is 16.4. The van der Waals surface area contributed by atoms with Crippen molar-refractivity contribution in [2.24, 2.45) is 17.6 Å². The summed E-state index contributed by atoms with van der Waals surface area (Å²) in [5, 5.41) is 18.8. The molecule has 0 saturated heterocycles. The second-order valence-corrected chi connectivity index (χ2v) is 6.13. The largest absolute Gasteiger partial charge is 0.481 e. The first-order chi connectivity index (χ1) is 10.9. The van der Waals surface area contributed by atoms with Gasteiger partial charge in [0.1, 0.15) is 12.0 Å². The Labute approximate surface area is 135 Å². The minimum atomic E-state index is -1.44. The number of hydrogen-bond donors (Lipinski definition) is 5. The summed E-state index contributed by atoms with van der Waals surface area (Å²) in [6, 6.07) is -0.712. The van der Waals surface area contributed by atoms with Gasteiger partial charge >= 0.3 is 5.97 Å². The highest BCUT2D eigenvalue weighted by molar-refractivity contribution is 5.97. The maximum absolute atomic E-state index is 11.8. The summed E-state index contributed by atoms with van der Waals surface area (Å²) in [5.74, 6) is -3.77. The number of nitrogens with one attached hydrogen (secondary N) is 2. The Bertz CT molecular complexity index is 423. The predicted octanol–water partition coefficient (Wildman–Crippen LogP) is -0.0968. The summed E-state index contributed by atoms with van der Waals surface area (Å²) in [5.41, 5.74) is 9.93. The van der Waals surface area contributed by atoms with E-state index >= 15 is 0 Å². The van der Waals surface area contributed by atoms with E-state index < -0.39 is 35.8 Å². The summed E-state index contributed by atoms with van der Waals surface area (Å²) < 4.78 is 0. The lowest BCUT2D eigenvalue weighted by Gasteiger charge is -2.26. The molecule has 0 radical (unpaired) electrons. The zero-order valence-electron chi connectivity index (χ0n) is 13.5. The minimum absolute atomic E-state index is 0.0980. The van der Waals surface area contributed by atoms with Crippen LogP contribution >= 0.6 is 0 Å². The molecule has 1 aliphatic rings. The average molecular weight is 329 g/mol. The van der Waals surface area contributed by atoms with Crippen LogP contribution in [0.3, 0.4) is 0 Å². The van der Waals surface area contributed by atoms with Crippen molar-refractivity contribution in [1.82, 2.24) is 10.9 Å². The molecule has 0 bridgehead atoms. The predicted molar refractivity (Wildman–Crippen MR) is 82.9 cm³/mol. The van der Waals surface area contributed by atoms with E-state index in [9.17, 15) is 19.5 Å². The Morgan fingerprint density at radius 2 is 1.70 bits per heavy atom. The fraction of sp³-hybridized carbons (Fsp3) is 0.800. The van der Waals surface area contributed by atoms with Gasteiger partial charge in [0, 0.05) is 6.04 Å². The first-order valence-electron chi connectivity index (χ1n) is 8.13. The lowest BCUT2D eigenvalue weighted by Crippen LogP contribution is -2.54. The number of carbonyl (C=O) groups is 3. The number of amides is 2. The van der Waals surface area contributed by atoms with Gasteiger partial charge in [0.25, 0.3) is 11.8 Å². The third kappa shape index (κ3) is 6.15. The van der Waals surface area contributed by atoms with E-state index in [-0.39, 0.29) is 6.42 Å². The topological polar surface area (TPSA) is 142 Å². The second-order valence-electron chi connectivity index (χ2n) is 6.13. The Morgan fingerprint density at radius 3 is 2.22 bits per heavy atom. The smallest absolute Gasteiger partial charge is 0.316 e.